The number of hydrogen-bond donors (Lipinski definition) is 1. The lowest BCUT2D eigenvalue weighted by Crippen LogP contribution is -2.30. The topological polar surface area (TPSA) is 107 Å². The molecule has 158 valence electrons. The first-order chi connectivity index (χ1) is 14.1. The van der Waals surface area contributed by atoms with E-state index in [-0.39, 0.29) is 24.4 Å². The molecule has 0 bridgehead atoms. The highest BCUT2D eigenvalue weighted by Crippen LogP contribution is 2.34. The van der Waals surface area contributed by atoms with Gasteiger partial charge in [-0.1, -0.05) is 39.0 Å². The Balaban J connectivity index is 2.30. The van der Waals surface area contributed by atoms with Crippen molar-refractivity contribution in [1.82, 2.24) is 9.55 Å². The number of nitro groups is 1. The van der Waals surface area contributed by atoms with Crippen molar-refractivity contribution in [1.29, 1.82) is 0 Å². The zero-order valence-corrected chi connectivity index (χ0v) is 17.5. The van der Waals surface area contributed by atoms with Crippen molar-refractivity contribution in [3.05, 3.63) is 58.1 Å². The lowest BCUT2D eigenvalue weighted by molar-refractivity contribution is -0.384. The Morgan fingerprint density at radius 1 is 1.23 bits per heavy atom. The molecule has 1 unspecified atom stereocenters. The number of aliphatic hydroxyl groups excluding tert-OH is 1. The van der Waals surface area contributed by atoms with Crippen LogP contribution in [0.15, 0.2) is 42.5 Å². The predicted molar refractivity (Wildman–Crippen MR) is 113 cm³/mol. The molecule has 8 nitrogen and oxygen atoms in total. The molecule has 0 saturated carbocycles. The van der Waals surface area contributed by atoms with E-state index in [0.717, 1.165) is 0 Å². The quantitative estimate of drug-likeness (QED) is 0.370. The maximum absolute atomic E-state index is 12.4. The van der Waals surface area contributed by atoms with Crippen LogP contribution < -0.4 is 0 Å². The number of aliphatic hydroxyl groups is 1. The Hall–Kier alpha value is -3.26. The molecule has 0 fully saturated rings. The largest absolute Gasteiger partial charge is 0.462 e. The fourth-order valence-corrected chi connectivity index (χ4v) is 3.18. The van der Waals surface area contributed by atoms with E-state index in [1.165, 1.54) is 6.07 Å². The summed E-state index contributed by atoms with van der Waals surface area (Å²) in [5, 5.41) is 22.4. The van der Waals surface area contributed by atoms with E-state index in [1.54, 1.807) is 47.9 Å². The van der Waals surface area contributed by atoms with Gasteiger partial charge in [-0.15, -0.1) is 0 Å². The van der Waals surface area contributed by atoms with Gasteiger partial charge in [0.2, 0.25) is 0 Å². The molecule has 30 heavy (non-hydrogen) atoms. The minimum absolute atomic E-state index is 0.100. The Morgan fingerprint density at radius 2 is 1.93 bits per heavy atom. The van der Waals surface area contributed by atoms with Crippen molar-refractivity contribution in [2.75, 3.05) is 6.61 Å². The zero-order chi connectivity index (χ0) is 22.1. The Kier molecular flexibility index (Phi) is 5.89. The zero-order valence-electron chi connectivity index (χ0n) is 17.5. The fourth-order valence-electron chi connectivity index (χ4n) is 3.18. The average molecular weight is 411 g/mol. The SMILES string of the molecule is CCOC(=O)c1cccc2c1nc(-c1ccccc1[N+](=O)[O-])n2CC(O)C(C)(C)C. The number of nitrogens with zero attached hydrogens (tertiary/aromatic N) is 3. The molecule has 0 spiro atoms. The minimum Gasteiger partial charge on any atom is -0.462 e. The van der Waals surface area contributed by atoms with Crippen LogP contribution in [0.1, 0.15) is 38.1 Å². The van der Waals surface area contributed by atoms with Gasteiger partial charge >= 0.3 is 5.97 Å². The highest BCUT2D eigenvalue weighted by atomic mass is 16.6. The smallest absolute Gasteiger partial charge is 0.340 e. The monoisotopic (exact) mass is 411 g/mol. The predicted octanol–water partition coefficient (Wildman–Crippen LogP) is 4.20. The van der Waals surface area contributed by atoms with Crippen LogP contribution in [0.25, 0.3) is 22.4 Å². The second kappa shape index (κ2) is 8.23. The van der Waals surface area contributed by atoms with E-state index in [1.807, 2.05) is 20.8 Å². The van der Waals surface area contributed by atoms with Crippen LogP contribution >= 0.6 is 0 Å². The Morgan fingerprint density at radius 3 is 2.57 bits per heavy atom. The molecule has 0 radical (unpaired) electrons. The van der Waals surface area contributed by atoms with Crippen molar-refractivity contribution in [3.8, 4) is 11.4 Å². The van der Waals surface area contributed by atoms with Crippen LogP contribution in [0.5, 0.6) is 0 Å². The molecule has 1 atom stereocenters. The van der Waals surface area contributed by atoms with Gasteiger partial charge in [0.25, 0.3) is 5.69 Å². The molecule has 2 aromatic carbocycles. The van der Waals surface area contributed by atoms with E-state index < -0.39 is 22.4 Å². The summed E-state index contributed by atoms with van der Waals surface area (Å²) in [6, 6.07) is 11.4. The molecular formula is C22H25N3O5. The number of carbonyl (C=O) groups is 1. The first-order valence-corrected chi connectivity index (χ1v) is 9.73. The Bertz CT molecular complexity index is 1100. The molecule has 3 rings (SSSR count). The van der Waals surface area contributed by atoms with Crippen molar-refractivity contribution in [2.24, 2.45) is 5.41 Å². The average Bonchev–Trinajstić information content (AvgIpc) is 3.05. The second-order valence-electron chi connectivity index (χ2n) is 8.10. The molecule has 0 aliphatic carbocycles. The molecule has 3 aromatic rings. The summed E-state index contributed by atoms with van der Waals surface area (Å²) in [6.07, 6.45) is -0.748. The van der Waals surface area contributed by atoms with Gasteiger partial charge in [-0.05, 0) is 30.5 Å². The van der Waals surface area contributed by atoms with Gasteiger partial charge in [-0.3, -0.25) is 10.1 Å². The van der Waals surface area contributed by atoms with Gasteiger partial charge in [0.1, 0.15) is 11.3 Å². The summed E-state index contributed by atoms with van der Waals surface area (Å²) in [5.41, 5.74) is 1.04. The highest BCUT2D eigenvalue weighted by Gasteiger charge is 2.28. The molecule has 1 N–H and O–H groups in total. The summed E-state index contributed by atoms with van der Waals surface area (Å²) < 4.78 is 6.87. The van der Waals surface area contributed by atoms with E-state index in [9.17, 15) is 20.0 Å². The number of esters is 1. The van der Waals surface area contributed by atoms with Gasteiger partial charge in [0.05, 0.1) is 40.8 Å². The first-order valence-electron chi connectivity index (χ1n) is 9.73. The molecule has 1 heterocycles. The van der Waals surface area contributed by atoms with E-state index >= 15 is 0 Å². The molecule has 8 heteroatoms. The maximum Gasteiger partial charge on any atom is 0.340 e. The van der Waals surface area contributed by atoms with Crippen molar-refractivity contribution in [3.63, 3.8) is 0 Å². The third-order valence-corrected chi connectivity index (χ3v) is 4.97. The summed E-state index contributed by atoms with van der Waals surface area (Å²) in [5.74, 6) is -0.199. The maximum atomic E-state index is 12.4. The van der Waals surface area contributed by atoms with Crippen molar-refractivity contribution >= 4 is 22.7 Å². The number of fused-ring (bicyclic) bond motifs is 1. The summed E-state index contributed by atoms with van der Waals surface area (Å²) in [6.45, 7) is 7.82. The number of aromatic nitrogens is 2. The molecule has 0 saturated heterocycles. The fraction of sp³-hybridized carbons (Fsp3) is 0.364. The van der Waals surface area contributed by atoms with Crippen LogP contribution in [0, 0.1) is 15.5 Å². The highest BCUT2D eigenvalue weighted by molar-refractivity contribution is 6.03. The molecule has 0 amide bonds. The van der Waals surface area contributed by atoms with Gasteiger partial charge in [-0.2, -0.15) is 0 Å². The number of carbonyl (C=O) groups excluding carboxylic acids is 1. The number of para-hydroxylation sites is 2. The summed E-state index contributed by atoms with van der Waals surface area (Å²) in [7, 11) is 0. The van der Waals surface area contributed by atoms with Crippen LogP contribution in [0.2, 0.25) is 0 Å². The number of benzene rings is 2. The molecule has 0 aliphatic rings. The van der Waals surface area contributed by atoms with Crippen LogP contribution in [0.3, 0.4) is 0 Å². The molecule has 1 aromatic heterocycles. The third kappa shape index (κ3) is 4.04. The standard InChI is InChI=1S/C22H25N3O5/c1-5-30-21(27)15-10-8-12-17-19(15)23-20(24(17)13-18(26)22(2,3)4)14-9-6-7-11-16(14)25(28)29/h6-12,18,26H,5,13H2,1-4H3. The Labute approximate surface area is 174 Å². The summed E-state index contributed by atoms with van der Waals surface area (Å²) in [4.78, 5) is 28.2. The van der Waals surface area contributed by atoms with E-state index in [4.69, 9.17) is 4.74 Å². The number of hydrogen-bond acceptors (Lipinski definition) is 6. The molecule has 0 aliphatic heterocycles. The number of nitro benzene ring substituents is 1. The molecular weight excluding hydrogens is 386 g/mol. The van der Waals surface area contributed by atoms with Gasteiger partial charge < -0.3 is 14.4 Å². The number of ether oxygens (including phenoxy) is 1. The normalized spacial score (nSPS) is 12.7. The lowest BCUT2D eigenvalue weighted by Gasteiger charge is -2.27. The van der Waals surface area contributed by atoms with Gasteiger partial charge in [0, 0.05) is 6.07 Å². The number of imidazole rings is 1. The van der Waals surface area contributed by atoms with Gasteiger partial charge in [0.15, 0.2) is 0 Å². The van der Waals surface area contributed by atoms with E-state index in [2.05, 4.69) is 4.98 Å². The second-order valence-corrected chi connectivity index (χ2v) is 8.10. The van der Waals surface area contributed by atoms with Crippen LogP contribution in [-0.2, 0) is 11.3 Å². The lowest BCUT2D eigenvalue weighted by atomic mass is 9.89. The van der Waals surface area contributed by atoms with Crippen molar-refractivity contribution in [2.45, 2.75) is 40.3 Å². The first kappa shape index (κ1) is 21.4. The van der Waals surface area contributed by atoms with Crippen LogP contribution in [0.4, 0.5) is 5.69 Å². The van der Waals surface area contributed by atoms with E-state index in [0.29, 0.717) is 22.4 Å². The van der Waals surface area contributed by atoms with Crippen molar-refractivity contribution < 1.29 is 19.6 Å². The van der Waals surface area contributed by atoms with Gasteiger partial charge in [-0.25, -0.2) is 9.78 Å². The third-order valence-electron chi connectivity index (χ3n) is 4.97. The van der Waals surface area contributed by atoms with Crippen LogP contribution in [-0.4, -0.2) is 38.3 Å². The summed E-state index contributed by atoms with van der Waals surface area (Å²) >= 11 is 0. The number of rotatable bonds is 6. The minimum atomic E-state index is -0.748.